The average Bonchev–Trinajstić information content (AvgIpc) is 2.33. The molecule has 0 bridgehead atoms. The fourth-order valence-electron chi connectivity index (χ4n) is 0. The first kappa shape index (κ1) is 75.6. The number of hydrogen-bond donors (Lipinski definition) is 0. The fourth-order valence-corrected chi connectivity index (χ4v) is 0. The molecule has 0 spiro atoms. The van der Waals surface area contributed by atoms with Crippen LogP contribution in [0.5, 0.6) is 0 Å². The molecule has 67 valence electrons. The maximum atomic E-state index is 6.25. The summed E-state index contributed by atoms with van der Waals surface area (Å²) in [6.07, 6.45) is 0. The van der Waals surface area contributed by atoms with Gasteiger partial charge in [-0.15, -0.1) is 0 Å². The second-order valence-electron chi connectivity index (χ2n) is 0. The van der Waals surface area contributed by atoms with Gasteiger partial charge in [-0.25, -0.2) is 0 Å². The van der Waals surface area contributed by atoms with E-state index in [0.29, 0.717) is 0 Å². The number of hydrogen-bond acceptors (Lipinski definition) is 6. The zero-order chi connectivity index (χ0) is 12.0. The summed E-state index contributed by atoms with van der Waals surface area (Å²) in [5, 5.41) is 37.5. The molecule has 0 aliphatic rings. The van der Waals surface area contributed by atoms with E-state index >= 15 is 0 Å². The van der Waals surface area contributed by atoms with E-state index in [2.05, 4.69) is 0 Å². The van der Waals surface area contributed by atoms with E-state index in [-0.39, 0.29) is 62.6 Å². The minimum atomic E-state index is 0. The van der Waals surface area contributed by atoms with Gasteiger partial charge in [-0.05, 0) is 0 Å². The van der Waals surface area contributed by atoms with E-state index in [1.165, 1.54) is 0 Å². The topological polar surface area (TPSA) is 143 Å². The van der Waals surface area contributed by atoms with Crippen molar-refractivity contribution in [2.75, 3.05) is 0 Å². The Morgan fingerprint density at radius 3 is 0.357 bits per heavy atom. The van der Waals surface area contributed by atoms with Crippen LogP contribution in [0.1, 0.15) is 0 Å². The van der Waals surface area contributed by atoms with Crippen molar-refractivity contribution in [3.63, 3.8) is 0 Å². The Kier molecular flexibility index (Phi) is 6870. The van der Waals surface area contributed by atoms with Crippen molar-refractivity contribution in [2.24, 2.45) is 0 Å². The van der Waals surface area contributed by atoms with E-state index in [0.717, 1.165) is 0 Å². The molecule has 0 N–H and O–H groups in total. The third kappa shape index (κ3) is 962. The third-order valence-electron chi connectivity index (χ3n) is 0. The number of rotatable bonds is 0. The van der Waals surface area contributed by atoms with Crippen LogP contribution >= 0.6 is 0 Å². The molecule has 6 nitrogen and oxygen atoms in total. The molecule has 0 amide bonds. The van der Waals surface area contributed by atoms with Crippen molar-refractivity contribution in [3.05, 3.63) is 39.4 Å². The smallest absolute Gasteiger partial charge is 0.512 e. The van der Waals surface area contributed by atoms with Gasteiger partial charge in [0, 0.05) is 17.1 Å². The summed E-state index contributed by atoms with van der Waals surface area (Å²) in [7, 11) is 0. The summed E-state index contributed by atoms with van der Waals surface area (Å²) in [6.45, 7) is 28.5. The second-order valence-corrected chi connectivity index (χ2v) is 0. The average molecular weight is 299 g/mol. The van der Waals surface area contributed by atoms with Crippen LogP contribution in [0.3, 0.4) is 0 Å². The second kappa shape index (κ2) is 1270. The van der Waals surface area contributed by atoms with Crippen LogP contribution < -0.4 is 0 Å². The normalized spacial score (nSPS) is 0.857. The van der Waals surface area contributed by atoms with Crippen LogP contribution in [0.2, 0.25) is 0 Å². The van der Waals surface area contributed by atoms with Gasteiger partial charge in [-0.3, -0.25) is 0 Å². The summed E-state index contributed by atoms with van der Waals surface area (Å²) < 4.78 is 0. The van der Waals surface area contributed by atoms with E-state index in [9.17, 15) is 0 Å². The molecule has 0 fully saturated rings. The Morgan fingerprint density at radius 2 is 0.357 bits per heavy atom. The van der Waals surface area contributed by atoms with E-state index in [4.69, 9.17) is 71.0 Å². The van der Waals surface area contributed by atoms with Crippen molar-refractivity contribution >= 4 is 45.5 Å². The van der Waals surface area contributed by atoms with Gasteiger partial charge in [-0.1, -0.05) is 0 Å². The zero-order valence-electron chi connectivity index (χ0n) is 6.77. The standard InChI is InChI=1S/6CN.Mn.Sr/c6*1-2;;/q6*-1;;+2. The van der Waals surface area contributed by atoms with Crippen LogP contribution in [0, 0.1) is 71.0 Å². The van der Waals surface area contributed by atoms with Crippen molar-refractivity contribution < 1.29 is 17.1 Å². The molecule has 0 rings (SSSR count). The molecule has 0 heterocycles. The quantitative estimate of drug-likeness (QED) is 0.461. The van der Waals surface area contributed by atoms with Gasteiger partial charge in [0.2, 0.25) is 0 Å². The zero-order valence-corrected chi connectivity index (χ0v) is 11.4. The Balaban J connectivity index is -0.00000000500. The summed E-state index contributed by atoms with van der Waals surface area (Å²) in [6, 6.07) is 0. The predicted molar refractivity (Wildman–Crippen MR) is 35.6 cm³/mol. The van der Waals surface area contributed by atoms with Gasteiger partial charge >= 0.3 is 45.5 Å². The minimum Gasteiger partial charge on any atom is -0.512 e. The van der Waals surface area contributed by atoms with Crippen LogP contribution in [0.4, 0.5) is 0 Å². The van der Waals surface area contributed by atoms with Gasteiger partial charge in [0.25, 0.3) is 0 Å². The van der Waals surface area contributed by atoms with Crippen molar-refractivity contribution in [1.82, 2.24) is 0 Å². The summed E-state index contributed by atoms with van der Waals surface area (Å²) >= 11 is 0. The van der Waals surface area contributed by atoms with Crippen molar-refractivity contribution in [3.8, 4) is 0 Å². The summed E-state index contributed by atoms with van der Waals surface area (Å²) in [4.78, 5) is 0. The van der Waals surface area contributed by atoms with Crippen molar-refractivity contribution in [1.29, 1.82) is 31.6 Å². The van der Waals surface area contributed by atoms with Gasteiger partial charge in [-0.2, -0.15) is 0 Å². The first-order chi connectivity index (χ1) is 6.00. The molecule has 8 heteroatoms. The predicted octanol–water partition coefficient (Wildman–Crippen LogP) is 0.195. The largest absolute Gasteiger partial charge is 2.00 e. The molecular weight excluding hydrogens is 299 g/mol. The third-order valence-corrected chi connectivity index (χ3v) is 0. The maximum Gasteiger partial charge on any atom is 2.00 e. The van der Waals surface area contributed by atoms with Crippen LogP contribution in [0.25, 0.3) is 0 Å². The Hall–Kier alpha value is -1.06. The van der Waals surface area contributed by atoms with Crippen LogP contribution in [0.15, 0.2) is 0 Å². The molecule has 0 aliphatic carbocycles. The van der Waals surface area contributed by atoms with Gasteiger partial charge in [0.15, 0.2) is 0 Å². The fraction of sp³-hybridized carbons (Fsp3) is 0. The molecule has 14 heavy (non-hydrogen) atoms. The molecule has 0 aliphatic heterocycles. The van der Waals surface area contributed by atoms with Crippen LogP contribution in [-0.2, 0) is 17.1 Å². The molecule has 0 saturated heterocycles. The van der Waals surface area contributed by atoms with Crippen LogP contribution in [-0.4, -0.2) is 45.5 Å². The van der Waals surface area contributed by atoms with Gasteiger partial charge < -0.3 is 71.0 Å². The summed E-state index contributed by atoms with van der Waals surface area (Å²) in [5.41, 5.74) is 0. The molecule has 0 saturated carbocycles. The Morgan fingerprint density at radius 1 is 0.357 bits per heavy atom. The maximum absolute atomic E-state index is 6.25. The first-order valence-corrected chi connectivity index (χ1v) is 1.34. The first-order valence-electron chi connectivity index (χ1n) is 1.34. The Labute approximate surface area is 132 Å². The SMILES string of the molecule is [C-]#N.[C-]#N.[C-]#N.[C-]#N.[C-]#N.[C-]#N.[Mn].[Sr+2]. The monoisotopic (exact) mass is 299 g/mol. The summed E-state index contributed by atoms with van der Waals surface area (Å²) in [5.74, 6) is 0. The molecule has 1 radical (unpaired) electrons. The molecular formula is C6MnN6Sr-4. The van der Waals surface area contributed by atoms with Gasteiger partial charge in [0.1, 0.15) is 0 Å². The van der Waals surface area contributed by atoms with E-state index in [1.807, 2.05) is 0 Å². The number of nitrogens with zero attached hydrogens (tertiary/aromatic N) is 6. The molecule has 0 aromatic carbocycles. The molecule has 0 aromatic heterocycles. The molecule has 0 unspecified atom stereocenters. The molecule has 0 aromatic rings. The van der Waals surface area contributed by atoms with E-state index < -0.39 is 0 Å². The van der Waals surface area contributed by atoms with Gasteiger partial charge in [0.05, 0.1) is 0 Å². The Bertz CT molecular complexity index is 97.3. The molecule has 0 atom stereocenters. The van der Waals surface area contributed by atoms with Crippen molar-refractivity contribution in [2.45, 2.75) is 0 Å². The van der Waals surface area contributed by atoms with E-state index in [1.54, 1.807) is 0 Å². The minimum absolute atomic E-state index is 0.